The van der Waals surface area contributed by atoms with Crippen LogP contribution in [0.2, 0.25) is 5.02 Å². The Balaban J connectivity index is 1.95. The normalized spacial score (nSPS) is 22.2. The van der Waals surface area contributed by atoms with Crippen molar-refractivity contribution in [1.82, 2.24) is 5.32 Å². The SMILES string of the molecule is ClC1=NC(c2cccc(Cl)c2)NC2=C1CC=C2. The monoisotopic (exact) mass is 264 g/mol. The van der Waals surface area contributed by atoms with E-state index < -0.39 is 0 Å². The van der Waals surface area contributed by atoms with Crippen molar-refractivity contribution in [3.05, 3.63) is 58.3 Å². The van der Waals surface area contributed by atoms with Gasteiger partial charge in [0, 0.05) is 16.3 Å². The average Bonchev–Trinajstić information content (AvgIpc) is 2.77. The molecule has 3 rings (SSSR count). The Hall–Kier alpha value is -1.25. The second-order valence-electron chi connectivity index (χ2n) is 4.02. The van der Waals surface area contributed by atoms with Gasteiger partial charge in [-0.05, 0) is 30.2 Å². The number of rotatable bonds is 1. The summed E-state index contributed by atoms with van der Waals surface area (Å²) in [5.74, 6) is 0. The fourth-order valence-electron chi connectivity index (χ4n) is 2.04. The standard InChI is InChI=1S/C13H10Cl2N2/c14-9-4-1-3-8(7-9)13-16-11-6-2-5-10(11)12(15)17-13/h1-4,6-7,13,16H,5H2. The lowest BCUT2D eigenvalue weighted by Crippen LogP contribution is -2.24. The average molecular weight is 265 g/mol. The van der Waals surface area contributed by atoms with Gasteiger partial charge >= 0.3 is 0 Å². The molecule has 2 nitrogen and oxygen atoms in total. The van der Waals surface area contributed by atoms with Crippen LogP contribution in [-0.4, -0.2) is 5.17 Å². The summed E-state index contributed by atoms with van der Waals surface area (Å²) in [6.07, 6.45) is 4.83. The molecule has 0 saturated carbocycles. The highest BCUT2D eigenvalue weighted by molar-refractivity contribution is 6.69. The largest absolute Gasteiger partial charge is 0.360 e. The molecule has 0 bridgehead atoms. The third-order valence-electron chi connectivity index (χ3n) is 2.88. The summed E-state index contributed by atoms with van der Waals surface area (Å²) >= 11 is 12.2. The van der Waals surface area contributed by atoms with E-state index in [1.807, 2.05) is 30.3 Å². The fraction of sp³-hybridized carbons (Fsp3) is 0.154. The van der Waals surface area contributed by atoms with E-state index >= 15 is 0 Å². The first-order valence-electron chi connectivity index (χ1n) is 5.39. The molecule has 0 fully saturated rings. The van der Waals surface area contributed by atoms with Gasteiger partial charge in [0.05, 0.1) is 0 Å². The Morgan fingerprint density at radius 1 is 1.29 bits per heavy atom. The molecule has 0 amide bonds. The van der Waals surface area contributed by atoms with Crippen LogP contribution in [0.4, 0.5) is 0 Å². The summed E-state index contributed by atoms with van der Waals surface area (Å²) in [5.41, 5.74) is 3.16. The second kappa shape index (κ2) is 4.21. The van der Waals surface area contributed by atoms with Crippen molar-refractivity contribution in [2.75, 3.05) is 0 Å². The number of allylic oxidation sites excluding steroid dienone is 3. The zero-order valence-electron chi connectivity index (χ0n) is 8.95. The molecule has 1 heterocycles. The third-order valence-corrected chi connectivity index (χ3v) is 3.44. The maximum Gasteiger partial charge on any atom is 0.146 e. The third kappa shape index (κ3) is 1.99. The van der Waals surface area contributed by atoms with Crippen LogP contribution in [0.15, 0.2) is 52.7 Å². The van der Waals surface area contributed by atoms with Gasteiger partial charge < -0.3 is 5.32 Å². The highest BCUT2D eigenvalue weighted by Crippen LogP contribution is 2.30. The van der Waals surface area contributed by atoms with Gasteiger partial charge in [0.25, 0.3) is 0 Å². The molecule has 0 aromatic heterocycles. The molecular weight excluding hydrogens is 255 g/mol. The van der Waals surface area contributed by atoms with Gasteiger partial charge in [0.1, 0.15) is 11.3 Å². The van der Waals surface area contributed by atoms with Crippen LogP contribution in [0.5, 0.6) is 0 Å². The summed E-state index contributed by atoms with van der Waals surface area (Å²) in [6.45, 7) is 0. The molecule has 0 saturated heterocycles. The van der Waals surface area contributed by atoms with Crippen molar-refractivity contribution in [2.24, 2.45) is 4.99 Å². The molecule has 1 aliphatic heterocycles. The van der Waals surface area contributed by atoms with Gasteiger partial charge in [0.15, 0.2) is 0 Å². The van der Waals surface area contributed by atoms with Gasteiger partial charge in [-0.2, -0.15) is 0 Å². The summed E-state index contributed by atoms with van der Waals surface area (Å²) in [5, 5.41) is 4.65. The summed E-state index contributed by atoms with van der Waals surface area (Å²) in [4.78, 5) is 4.45. The van der Waals surface area contributed by atoms with Gasteiger partial charge in [-0.15, -0.1) is 0 Å². The minimum atomic E-state index is -0.150. The Labute approximate surface area is 110 Å². The van der Waals surface area contributed by atoms with Crippen molar-refractivity contribution in [1.29, 1.82) is 0 Å². The number of hydrogen-bond donors (Lipinski definition) is 1. The Morgan fingerprint density at radius 3 is 3.00 bits per heavy atom. The Morgan fingerprint density at radius 2 is 2.18 bits per heavy atom. The predicted octanol–water partition coefficient (Wildman–Crippen LogP) is 3.79. The summed E-state index contributed by atoms with van der Waals surface area (Å²) in [7, 11) is 0. The zero-order valence-corrected chi connectivity index (χ0v) is 10.5. The van der Waals surface area contributed by atoms with Gasteiger partial charge in [-0.3, -0.25) is 0 Å². The van der Waals surface area contributed by atoms with Crippen LogP contribution in [0.1, 0.15) is 18.2 Å². The van der Waals surface area contributed by atoms with Crippen LogP contribution in [0, 0.1) is 0 Å². The maximum absolute atomic E-state index is 6.18. The quantitative estimate of drug-likeness (QED) is 0.820. The molecule has 1 N–H and O–H groups in total. The lowest BCUT2D eigenvalue weighted by Gasteiger charge is -2.23. The van der Waals surface area contributed by atoms with E-state index in [0.717, 1.165) is 23.3 Å². The molecule has 0 radical (unpaired) electrons. The Bertz CT molecular complexity index is 558. The van der Waals surface area contributed by atoms with Crippen molar-refractivity contribution < 1.29 is 0 Å². The summed E-state index contributed by atoms with van der Waals surface area (Å²) in [6, 6.07) is 7.65. The molecule has 1 unspecified atom stereocenters. The van der Waals surface area contributed by atoms with E-state index in [2.05, 4.69) is 16.4 Å². The number of benzene rings is 1. The molecule has 0 spiro atoms. The first-order valence-corrected chi connectivity index (χ1v) is 6.15. The number of aliphatic imine (C=N–C) groups is 1. The number of nitrogens with one attached hydrogen (secondary N) is 1. The molecule has 1 aliphatic carbocycles. The Kier molecular flexibility index (Phi) is 2.69. The maximum atomic E-state index is 6.18. The molecule has 17 heavy (non-hydrogen) atoms. The van der Waals surface area contributed by atoms with E-state index in [-0.39, 0.29) is 6.17 Å². The topological polar surface area (TPSA) is 24.4 Å². The van der Waals surface area contributed by atoms with Crippen LogP contribution in [0.25, 0.3) is 0 Å². The minimum Gasteiger partial charge on any atom is -0.360 e. The molecule has 86 valence electrons. The van der Waals surface area contributed by atoms with E-state index in [1.54, 1.807) is 0 Å². The van der Waals surface area contributed by atoms with E-state index in [0.29, 0.717) is 10.2 Å². The lowest BCUT2D eigenvalue weighted by atomic mass is 10.1. The first-order chi connectivity index (χ1) is 8.24. The fourth-order valence-corrected chi connectivity index (χ4v) is 2.52. The molecule has 1 atom stereocenters. The number of halogens is 2. The molecule has 1 aromatic carbocycles. The molecule has 1 aromatic rings. The first kappa shape index (κ1) is 10.9. The van der Waals surface area contributed by atoms with Gasteiger partial charge in [-0.1, -0.05) is 41.4 Å². The van der Waals surface area contributed by atoms with Crippen LogP contribution < -0.4 is 5.32 Å². The lowest BCUT2D eigenvalue weighted by molar-refractivity contribution is 0.628. The van der Waals surface area contributed by atoms with Crippen molar-refractivity contribution in [3.63, 3.8) is 0 Å². The summed E-state index contributed by atoms with van der Waals surface area (Å²) < 4.78 is 0. The van der Waals surface area contributed by atoms with Gasteiger partial charge in [0.2, 0.25) is 0 Å². The highest BCUT2D eigenvalue weighted by Gasteiger charge is 2.23. The number of nitrogens with zero attached hydrogens (tertiary/aromatic N) is 1. The second-order valence-corrected chi connectivity index (χ2v) is 4.81. The van der Waals surface area contributed by atoms with Gasteiger partial charge in [-0.25, -0.2) is 4.99 Å². The smallest absolute Gasteiger partial charge is 0.146 e. The van der Waals surface area contributed by atoms with Crippen molar-refractivity contribution >= 4 is 28.4 Å². The number of hydrogen-bond acceptors (Lipinski definition) is 2. The predicted molar refractivity (Wildman–Crippen MR) is 71.4 cm³/mol. The van der Waals surface area contributed by atoms with E-state index in [9.17, 15) is 0 Å². The van der Waals surface area contributed by atoms with Crippen LogP contribution in [-0.2, 0) is 0 Å². The zero-order chi connectivity index (χ0) is 11.8. The van der Waals surface area contributed by atoms with E-state index in [1.165, 1.54) is 0 Å². The van der Waals surface area contributed by atoms with Crippen molar-refractivity contribution in [3.8, 4) is 0 Å². The molecule has 4 heteroatoms. The highest BCUT2D eigenvalue weighted by atomic mass is 35.5. The molecular formula is C13H10Cl2N2. The minimum absolute atomic E-state index is 0.150. The van der Waals surface area contributed by atoms with Crippen LogP contribution in [0.3, 0.4) is 0 Å². The van der Waals surface area contributed by atoms with Crippen LogP contribution >= 0.6 is 23.2 Å². The van der Waals surface area contributed by atoms with Crippen molar-refractivity contribution in [2.45, 2.75) is 12.6 Å². The molecule has 2 aliphatic rings. The van der Waals surface area contributed by atoms with E-state index in [4.69, 9.17) is 23.2 Å².